The van der Waals surface area contributed by atoms with Crippen LogP contribution in [0, 0.1) is 16.7 Å². The van der Waals surface area contributed by atoms with E-state index in [1.165, 1.54) is 0 Å². The van der Waals surface area contributed by atoms with E-state index in [9.17, 15) is 0 Å². The van der Waals surface area contributed by atoms with Gasteiger partial charge in [0.2, 0.25) is 5.69 Å². The molecular weight excluding hydrogens is 295 g/mol. The zero-order valence-electron chi connectivity index (χ0n) is 13.8. The first kappa shape index (κ1) is 19.9. The summed E-state index contributed by atoms with van der Waals surface area (Å²) in [7, 11) is 0. The van der Waals surface area contributed by atoms with Gasteiger partial charge in [0.25, 0.3) is 0 Å². The van der Waals surface area contributed by atoms with Crippen LogP contribution < -0.4 is 0 Å². The molecule has 0 radical (unpaired) electrons. The van der Waals surface area contributed by atoms with Crippen LogP contribution >= 0.6 is 17.1 Å². The SMILES string of the molecule is CC(C)CSP(=S)(OCC(C)(C)C)OCC(C)(C)C. The third-order valence-corrected chi connectivity index (χ3v) is 7.51. The smallest absolute Gasteiger partial charge is 0.247 e. The molecule has 0 aliphatic heterocycles. The fourth-order valence-corrected chi connectivity index (χ4v) is 5.76. The van der Waals surface area contributed by atoms with Crippen LogP contribution in [0.3, 0.4) is 0 Å². The lowest BCUT2D eigenvalue weighted by molar-refractivity contribution is 0.155. The van der Waals surface area contributed by atoms with Gasteiger partial charge in [-0.25, -0.2) is 0 Å². The van der Waals surface area contributed by atoms with Crippen molar-refractivity contribution in [2.45, 2.75) is 55.4 Å². The molecule has 0 amide bonds. The number of hydrogen-bond donors (Lipinski definition) is 0. The average molecular weight is 327 g/mol. The number of rotatable bonds is 7. The second-order valence-electron chi connectivity index (χ2n) is 7.81. The van der Waals surface area contributed by atoms with Crippen LogP contribution in [0.1, 0.15) is 55.4 Å². The van der Waals surface area contributed by atoms with Crippen molar-refractivity contribution >= 4 is 28.9 Å². The molecule has 0 bridgehead atoms. The van der Waals surface area contributed by atoms with Crippen LogP contribution in [0.15, 0.2) is 0 Å². The predicted molar refractivity (Wildman–Crippen MR) is 92.4 cm³/mol. The van der Waals surface area contributed by atoms with E-state index >= 15 is 0 Å². The molecular formula is C14H31O2PS2. The van der Waals surface area contributed by atoms with Gasteiger partial charge in [0.15, 0.2) is 0 Å². The van der Waals surface area contributed by atoms with Crippen LogP contribution in [-0.4, -0.2) is 19.0 Å². The summed E-state index contributed by atoms with van der Waals surface area (Å²) in [4.78, 5) is 0. The molecule has 0 spiro atoms. The van der Waals surface area contributed by atoms with Crippen LogP contribution in [0.25, 0.3) is 0 Å². The first-order valence-electron chi connectivity index (χ1n) is 6.87. The van der Waals surface area contributed by atoms with Crippen LogP contribution in [0.4, 0.5) is 0 Å². The molecule has 0 saturated carbocycles. The summed E-state index contributed by atoms with van der Waals surface area (Å²) in [6.07, 6.45) is 0. The van der Waals surface area contributed by atoms with E-state index in [-0.39, 0.29) is 10.8 Å². The molecule has 0 rings (SSSR count). The van der Waals surface area contributed by atoms with Crippen molar-refractivity contribution in [3.8, 4) is 0 Å². The molecule has 0 aromatic carbocycles. The lowest BCUT2D eigenvalue weighted by atomic mass is 9.99. The molecule has 19 heavy (non-hydrogen) atoms. The van der Waals surface area contributed by atoms with E-state index in [0.29, 0.717) is 19.1 Å². The predicted octanol–water partition coefficient (Wildman–Crippen LogP) is 5.73. The van der Waals surface area contributed by atoms with Gasteiger partial charge in [-0.05, 0) is 28.6 Å². The Kier molecular flexibility index (Phi) is 8.17. The van der Waals surface area contributed by atoms with Gasteiger partial charge < -0.3 is 9.05 Å². The third kappa shape index (κ3) is 12.4. The summed E-state index contributed by atoms with van der Waals surface area (Å²) >= 11 is 7.38. The molecule has 0 atom stereocenters. The summed E-state index contributed by atoms with van der Waals surface area (Å²) < 4.78 is 12.0. The fourth-order valence-electron chi connectivity index (χ4n) is 0.898. The molecule has 5 heteroatoms. The second kappa shape index (κ2) is 7.79. The Morgan fingerprint density at radius 1 is 0.947 bits per heavy atom. The molecule has 116 valence electrons. The molecule has 0 aliphatic carbocycles. The van der Waals surface area contributed by atoms with E-state index in [4.69, 9.17) is 20.9 Å². The minimum absolute atomic E-state index is 0.119. The highest BCUT2D eigenvalue weighted by atomic mass is 32.9. The van der Waals surface area contributed by atoms with Gasteiger partial charge >= 0.3 is 0 Å². The topological polar surface area (TPSA) is 18.5 Å². The van der Waals surface area contributed by atoms with Crippen LogP contribution in [-0.2, 0) is 20.9 Å². The zero-order valence-corrected chi connectivity index (χ0v) is 16.3. The first-order chi connectivity index (χ1) is 8.33. The highest BCUT2D eigenvalue weighted by Crippen LogP contribution is 2.62. The van der Waals surface area contributed by atoms with Crippen molar-refractivity contribution in [1.82, 2.24) is 0 Å². The van der Waals surface area contributed by atoms with Crippen LogP contribution in [0.5, 0.6) is 0 Å². The minimum Gasteiger partial charge on any atom is -0.321 e. The Morgan fingerprint density at radius 2 is 1.32 bits per heavy atom. The van der Waals surface area contributed by atoms with Crippen molar-refractivity contribution in [2.75, 3.05) is 19.0 Å². The summed E-state index contributed by atoms with van der Waals surface area (Å²) in [6.45, 7) is 18.6. The van der Waals surface area contributed by atoms with Gasteiger partial charge in [0, 0.05) is 5.75 Å². The maximum atomic E-state index is 6.01. The van der Waals surface area contributed by atoms with E-state index in [1.54, 1.807) is 11.4 Å². The normalized spacial score (nSPS) is 14.2. The maximum absolute atomic E-state index is 6.01. The fraction of sp³-hybridized carbons (Fsp3) is 1.00. The monoisotopic (exact) mass is 326 g/mol. The van der Waals surface area contributed by atoms with Crippen molar-refractivity contribution in [3.63, 3.8) is 0 Å². The van der Waals surface area contributed by atoms with E-state index in [0.717, 1.165) is 5.75 Å². The van der Waals surface area contributed by atoms with E-state index in [2.05, 4.69) is 55.4 Å². The van der Waals surface area contributed by atoms with E-state index < -0.39 is 5.69 Å². The first-order valence-corrected chi connectivity index (χ1v) is 11.1. The Morgan fingerprint density at radius 3 is 1.58 bits per heavy atom. The Labute approximate surface area is 129 Å². The van der Waals surface area contributed by atoms with Gasteiger partial charge in [-0.15, -0.1) is 0 Å². The number of hydrogen-bond acceptors (Lipinski definition) is 4. The molecule has 0 N–H and O–H groups in total. The molecule has 0 fully saturated rings. The molecule has 0 unspecified atom stereocenters. The quantitative estimate of drug-likeness (QED) is 0.556. The highest BCUT2D eigenvalue weighted by molar-refractivity contribution is 8.67. The van der Waals surface area contributed by atoms with Gasteiger partial charge in [-0.2, -0.15) is 0 Å². The third-order valence-electron chi connectivity index (χ3n) is 1.88. The minimum atomic E-state index is -2.22. The maximum Gasteiger partial charge on any atom is 0.247 e. The standard InChI is InChI=1S/C14H31O2PS2/c1-12(2)9-19-17(18,15-10-13(3,4)5)16-11-14(6,7)8/h12H,9-11H2,1-8H3. The Balaban J connectivity index is 4.58. The van der Waals surface area contributed by atoms with Crippen molar-refractivity contribution in [2.24, 2.45) is 16.7 Å². The summed E-state index contributed by atoms with van der Waals surface area (Å²) in [5.41, 5.74) is -1.98. The molecule has 0 aromatic rings. The van der Waals surface area contributed by atoms with Gasteiger partial charge in [0.1, 0.15) is 0 Å². The summed E-state index contributed by atoms with van der Waals surface area (Å²) in [5, 5.41) is 0. The molecule has 0 saturated heterocycles. The summed E-state index contributed by atoms with van der Waals surface area (Å²) in [6, 6.07) is 0. The molecule has 0 aromatic heterocycles. The van der Waals surface area contributed by atoms with Gasteiger partial charge in [-0.1, -0.05) is 66.8 Å². The van der Waals surface area contributed by atoms with Gasteiger partial charge in [-0.3, -0.25) is 0 Å². The lowest BCUT2D eigenvalue weighted by Gasteiger charge is -2.29. The Bertz CT molecular complexity index is 282. The molecule has 0 aliphatic rings. The molecule has 2 nitrogen and oxygen atoms in total. The van der Waals surface area contributed by atoms with Crippen molar-refractivity contribution in [1.29, 1.82) is 0 Å². The highest BCUT2D eigenvalue weighted by Gasteiger charge is 2.26. The molecule has 0 heterocycles. The largest absolute Gasteiger partial charge is 0.321 e. The second-order valence-corrected chi connectivity index (χ2v) is 14.2. The average Bonchev–Trinajstić information content (AvgIpc) is 2.19. The van der Waals surface area contributed by atoms with Crippen molar-refractivity contribution in [3.05, 3.63) is 0 Å². The van der Waals surface area contributed by atoms with Crippen LogP contribution in [0.2, 0.25) is 0 Å². The summed E-state index contributed by atoms with van der Waals surface area (Å²) in [5.74, 6) is 1.59. The Hall–Kier alpha value is 0.920. The zero-order chi connectivity index (χ0) is 15.3. The van der Waals surface area contributed by atoms with E-state index in [1.807, 2.05) is 0 Å². The van der Waals surface area contributed by atoms with Crippen molar-refractivity contribution < 1.29 is 9.05 Å². The lowest BCUT2D eigenvalue weighted by Crippen LogP contribution is -2.17. The van der Waals surface area contributed by atoms with Gasteiger partial charge in [0.05, 0.1) is 13.2 Å².